The molecule has 4 nitrogen and oxygen atoms in total. The van der Waals surface area contributed by atoms with E-state index in [1.54, 1.807) is 4.90 Å². The van der Waals surface area contributed by atoms with E-state index in [9.17, 15) is 13.6 Å². The molecule has 0 bridgehead atoms. The highest BCUT2D eigenvalue weighted by Gasteiger charge is 2.43. The summed E-state index contributed by atoms with van der Waals surface area (Å²) in [6.07, 6.45) is 5.41. The number of amides is 1. The van der Waals surface area contributed by atoms with Crippen LogP contribution in [0.5, 0.6) is 0 Å². The Morgan fingerprint density at radius 1 is 1.18 bits per heavy atom. The lowest BCUT2D eigenvalue weighted by molar-refractivity contribution is -0.138. The minimum Gasteiger partial charge on any atom is -0.327 e. The van der Waals surface area contributed by atoms with E-state index in [0.717, 1.165) is 11.6 Å². The van der Waals surface area contributed by atoms with Gasteiger partial charge in [-0.15, -0.1) is 0 Å². The van der Waals surface area contributed by atoms with Crippen molar-refractivity contribution in [2.24, 2.45) is 11.7 Å². The molecule has 1 fully saturated rings. The molecule has 148 valence electrons. The van der Waals surface area contributed by atoms with E-state index >= 15 is 0 Å². The zero-order chi connectivity index (χ0) is 19.7. The number of carbonyl (C=O) groups is 1. The molecule has 3 atom stereocenters. The molecule has 0 spiro atoms. The van der Waals surface area contributed by atoms with E-state index in [1.807, 2.05) is 36.4 Å². The number of allylic oxidation sites excluding steroid dienone is 4. The Morgan fingerprint density at radius 2 is 1.89 bits per heavy atom. The minimum atomic E-state index is -1.30. The molecule has 1 aromatic carbocycles. The van der Waals surface area contributed by atoms with Crippen molar-refractivity contribution in [2.75, 3.05) is 19.6 Å². The fourth-order valence-electron chi connectivity index (χ4n) is 4.29. The number of hydrogen-bond acceptors (Lipinski definition) is 3. The second kappa shape index (κ2) is 7.60. The van der Waals surface area contributed by atoms with E-state index in [-0.39, 0.29) is 18.5 Å². The first-order chi connectivity index (χ1) is 13.5. The van der Waals surface area contributed by atoms with E-state index in [2.05, 4.69) is 5.32 Å². The summed E-state index contributed by atoms with van der Waals surface area (Å²) in [5, 5.41) is 3.23. The van der Waals surface area contributed by atoms with Crippen molar-refractivity contribution in [1.82, 2.24) is 10.2 Å². The second-order valence-corrected chi connectivity index (χ2v) is 7.82. The quantitative estimate of drug-likeness (QED) is 0.787. The molecule has 1 aliphatic carbocycles. The number of hydrogen-bond donors (Lipinski definition) is 2. The van der Waals surface area contributed by atoms with Gasteiger partial charge in [0.15, 0.2) is 0 Å². The highest BCUT2D eigenvalue weighted by atomic mass is 19.1. The first-order valence-corrected chi connectivity index (χ1v) is 9.74. The van der Waals surface area contributed by atoms with Gasteiger partial charge < -0.3 is 16.0 Å². The van der Waals surface area contributed by atoms with Crippen LogP contribution in [0.2, 0.25) is 0 Å². The Balaban J connectivity index is 1.66. The summed E-state index contributed by atoms with van der Waals surface area (Å²) in [5.74, 6) is -1.27. The number of alkyl halides is 1. The lowest BCUT2D eigenvalue weighted by Crippen LogP contribution is -2.59. The van der Waals surface area contributed by atoms with Crippen LogP contribution >= 0.6 is 0 Å². The van der Waals surface area contributed by atoms with Crippen LogP contribution in [-0.4, -0.2) is 42.2 Å². The number of nitrogens with zero attached hydrogens (tertiary/aromatic N) is 1. The summed E-state index contributed by atoms with van der Waals surface area (Å²) in [6.45, 7) is 1.65. The van der Waals surface area contributed by atoms with Gasteiger partial charge in [-0.25, -0.2) is 8.78 Å². The van der Waals surface area contributed by atoms with Crippen LogP contribution in [0.25, 0.3) is 0 Å². The van der Waals surface area contributed by atoms with Gasteiger partial charge in [0.2, 0.25) is 5.91 Å². The van der Waals surface area contributed by atoms with E-state index in [1.165, 1.54) is 12.2 Å². The number of benzene rings is 1. The Bertz CT molecular complexity index is 827. The largest absolute Gasteiger partial charge is 0.327 e. The smallest absolute Gasteiger partial charge is 0.243 e. The fourth-order valence-corrected chi connectivity index (χ4v) is 4.29. The van der Waals surface area contributed by atoms with Crippen molar-refractivity contribution in [3.05, 3.63) is 71.6 Å². The maximum atomic E-state index is 14.5. The summed E-state index contributed by atoms with van der Waals surface area (Å²) in [6, 6.07) is 9.29. The molecule has 0 aromatic heterocycles. The zero-order valence-corrected chi connectivity index (χ0v) is 15.7. The maximum absolute atomic E-state index is 14.5. The van der Waals surface area contributed by atoms with Gasteiger partial charge in [0.05, 0.1) is 11.6 Å². The number of carbonyl (C=O) groups excluding carboxylic acids is 1. The van der Waals surface area contributed by atoms with E-state index in [0.29, 0.717) is 31.5 Å². The molecule has 3 aliphatic rings. The Labute approximate surface area is 163 Å². The third-order valence-electron chi connectivity index (χ3n) is 5.93. The van der Waals surface area contributed by atoms with Gasteiger partial charge in [-0.05, 0) is 55.3 Å². The lowest BCUT2D eigenvalue weighted by Gasteiger charge is -2.38. The number of piperidine rings is 1. The molecule has 1 aromatic rings. The minimum absolute atomic E-state index is 0.125. The Hall–Kier alpha value is -2.31. The first-order valence-electron chi connectivity index (χ1n) is 9.74. The molecular weight excluding hydrogens is 360 g/mol. The number of nitrogens with two attached hydrogens (primary N) is 1. The van der Waals surface area contributed by atoms with Gasteiger partial charge in [-0.1, -0.05) is 36.4 Å². The second-order valence-electron chi connectivity index (χ2n) is 7.82. The van der Waals surface area contributed by atoms with Gasteiger partial charge in [0.25, 0.3) is 0 Å². The van der Waals surface area contributed by atoms with Crippen LogP contribution < -0.4 is 11.1 Å². The summed E-state index contributed by atoms with van der Waals surface area (Å²) in [7, 11) is 0. The van der Waals surface area contributed by atoms with Crippen molar-refractivity contribution < 1.29 is 13.6 Å². The van der Waals surface area contributed by atoms with Crippen LogP contribution in [-0.2, 0) is 4.79 Å². The van der Waals surface area contributed by atoms with Crippen LogP contribution in [0.15, 0.2) is 66.0 Å². The van der Waals surface area contributed by atoms with Crippen LogP contribution in [0.4, 0.5) is 8.78 Å². The first kappa shape index (κ1) is 19.0. The average Bonchev–Trinajstić information content (AvgIpc) is 3.15. The van der Waals surface area contributed by atoms with Gasteiger partial charge >= 0.3 is 0 Å². The third kappa shape index (κ3) is 3.54. The fraction of sp³-hybridized carbons (Fsp3) is 0.409. The number of halogens is 2. The zero-order valence-electron chi connectivity index (χ0n) is 15.7. The Kier molecular flexibility index (Phi) is 5.17. The summed E-state index contributed by atoms with van der Waals surface area (Å²) in [5.41, 5.74) is 7.21. The van der Waals surface area contributed by atoms with Gasteiger partial charge in [0, 0.05) is 12.5 Å². The Morgan fingerprint density at radius 3 is 2.61 bits per heavy atom. The molecule has 1 saturated heterocycles. The molecule has 2 aliphatic heterocycles. The SMILES string of the molecule is NC1(C(=O)N2CC(C3C=C(F)C=CC3F)=CC2c2ccccc2)CCNCC1. The van der Waals surface area contributed by atoms with Crippen molar-refractivity contribution in [1.29, 1.82) is 0 Å². The predicted molar refractivity (Wildman–Crippen MR) is 105 cm³/mol. The van der Waals surface area contributed by atoms with Crippen LogP contribution in [0.3, 0.4) is 0 Å². The number of rotatable bonds is 3. The topological polar surface area (TPSA) is 58.4 Å². The molecule has 3 unspecified atom stereocenters. The predicted octanol–water partition coefficient (Wildman–Crippen LogP) is 2.95. The molecule has 28 heavy (non-hydrogen) atoms. The highest BCUT2D eigenvalue weighted by molar-refractivity contribution is 5.87. The monoisotopic (exact) mass is 385 g/mol. The summed E-state index contributed by atoms with van der Waals surface area (Å²) >= 11 is 0. The van der Waals surface area contributed by atoms with Crippen LogP contribution in [0.1, 0.15) is 24.4 Å². The van der Waals surface area contributed by atoms with E-state index in [4.69, 9.17) is 5.73 Å². The molecule has 4 rings (SSSR count). The molecule has 0 radical (unpaired) electrons. The molecule has 3 N–H and O–H groups in total. The molecule has 1 amide bonds. The average molecular weight is 385 g/mol. The third-order valence-corrected chi connectivity index (χ3v) is 5.93. The molecule has 6 heteroatoms. The normalized spacial score (nSPS) is 29.4. The molecule has 2 heterocycles. The van der Waals surface area contributed by atoms with E-state index < -0.39 is 23.5 Å². The van der Waals surface area contributed by atoms with Crippen molar-refractivity contribution >= 4 is 5.91 Å². The summed E-state index contributed by atoms with van der Waals surface area (Å²) < 4.78 is 28.2. The lowest BCUT2D eigenvalue weighted by atomic mass is 9.87. The van der Waals surface area contributed by atoms with Crippen LogP contribution in [0, 0.1) is 5.92 Å². The summed E-state index contributed by atoms with van der Waals surface area (Å²) in [4.78, 5) is 15.2. The standard InChI is InChI=1S/C22H25F2N3O/c23-17-6-7-19(24)18(13-17)16-12-20(15-4-2-1-3-5-15)27(14-16)21(28)22(25)8-10-26-11-9-22/h1-7,12-13,18-20,26H,8-11,14,25H2. The molecular formula is C22H25F2N3O. The van der Waals surface area contributed by atoms with Crippen molar-refractivity contribution in [2.45, 2.75) is 30.6 Å². The van der Waals surface area contributed by atoms with Crippen molar-refractivity contribution in [3.63, 3.8) is 0 Å². The molecule has 0 saturated carbocycles. The van der Waals surface area contributed by atoms with Gasteiger partial charge in [-0.3, -0.25) is 4.79 Å². The highest BCUT2D eigenvalue weighted by Crippen LogP contribution is 2.39. The van der Waals surface area contributed by atoms with Gasteiger partial charge in [0.1, 0.15) is 12.0 Å². The number of nitrogens with one attached hydrogen (secondary N) is 1. The maximum Gasteiger partial charge on any atom is 0.243 e. The van der Waals surface area contributed by atoms with Crippen molar-refractivity contribution in [3.8, 4) is 0 Å². The van der Waals surface area contributed by atoms with Gasteiger partial charge in [-0.2, -0.15) is 0 Å².